The molecule has 7 nitrogen and oxygen atoms in total. The maximum absolute atomic E-state index is 13.7. The van der Waals surface area contributed by atoms with Gasteiger partial charge in [-0.2, -0.15) is 0 Å². The summed E-state index contributed by atoms with van der Waals surface area (Å²) < 4.78 is 29.0. The average Bonchev–Trinajstić information content (AvgIpc) is 2.82. The molecule has 0 aromatic heterocycles. The van der Waals surface area contributed by atoms with Gasteiger partial charge in [0.1, 0.15) is 0 Å². The van der Waals surface area contributed by atoms with E-state index in [0.717, 1.165) is 5.56 Å². The molecule has 0 spiro atoms. The number of nitro groups is 1. The van der Waals surface area contributed by atoms with Gasteiger partial charge in [-0.15, -0.1) is 0 Å². The number of benzene rings is 3. The monoisotopic (exact) mass is 499 g/mol. The molecule has 0 N–H and O–H groups in total. The Morgan fingerprint density at radius 2 is 1.62 bits per heavy atom. The number of sulfonamides is 1. The highest BCUT2D eigenvalue weighted by molar-refractivity contribution is 7.92. The summed E-state index contributed by atoms with van der Waals surface area (Å²) in [5.74, 6) is 0. The van der Waals surface area contributed by atoms with Crippen LogP contribution in [0.4, 0.5) is 11.4 Å². The van der Waals surface area contributed by atoms with Crippen LogP contribution in [-0.4, -0.2) is 37.4 Å². The molecule has 178 valence electrons. The first-order valence-electron chi connectivity index (χ1n) is 11.1. The predicted octanol–water partition coefficient (Wildman–Crippen LogP) is 5.42. The molecular weight excluding hydrogens is 474 g/mol. The topological polar surface area (TPSA) is 83.8 Å². The van der Waals surface area contributed by atoms with E-state index in [0.29, 0.717) is 48.7 Å². The predicted molar refractivity (Wildman–Crippen MR) is 134 cm³/mol. The molecule has 1 aliphatic heterocycles. The molecule has 1 fully saturated rings. The lowest BCUT2D eigenvalue weighted by Crippen LogP contribution is -2.47. The fourth-order valence-corrected chi connectivity index (χ4v) is 6.17. The largest absolute Gasteiger partial charge is 0.299 e. The summed E-state index contributed by atoms with van der Waals surface area (Å²) in [6.45, 7) is 3.69. The van der Waals surface area contributed by atoms with E-state index in [1.807, 2.05) is 31.2 Å². The quantitative estimate of drug-likeness (QED) is 0.320. The second kappa shape index (κ2) is 10.1. The van der Waals surface area contributed by atoms with Crippen LogP contribution in [0.25, 0.3) is 0 Å². The Balaban J connectivity index is 1.57. The fourth-order valence-electron chi connectivity index (χ4n) is 4.33. The van der Waals surface area contributed by atoms with Crippen molar-refractivity contribution in [3.63, 3.8) is 0 Å². The SMILES string of the molecule is Cc1ccc(N(C2CCN(Cc3ccccc3[N+](=O)[O-])CC2)S(=O)(=O)c2ccc(Cl)cc2)cc1. The van der Waals surface area contributed by atoms with Crippen molar-refractivity contribution in [3.05, 3.63) is 99.1 Å². The number of rotatable bonds is 7. The van der Waals surface area contributed by atoms with E-state index in [1.54, 1.807) is 30.3 Å². The van der Waals surface area contributed by atoms with Crippen molar-refractivity contribution < 1.29 is 13.3 Å². The number of nitrogens with zero attached hydrogens (tertiary/aromatic N) is 3. The molecule has 3 aromatic carbocycles. The minimum absolute atomic E-state index is 0.108. The third-order valence-electron chi connectivity index (χ3n) is 6.13. The first-order chi connectivity index (χ1) is 16.3. The van der Waals surface area contributed by atoms with E-state index in [-0.39, 0.29) is 21.5 Å². The standard InChI is InChI=1S/C25H26ClN3O4S/c1-19-6-10-22(11-7-19)28(34(32,33)24-12-8-21(26)9-13-24)23-14-16-27(17-15-23)18-20-4-2-3-5-25(20)29(30)31/h2-13,23H,14-18H2,1H3. The average molecular weight is 500 g/mol. The second-order valence-corrected chi connectivity index (χ2v) is 10.7. The summed E-state index contributed by atoms with van der Waals surface area (Å²) in [6, 6.07) is 20.2. The third kappa shape index (κ3) is 5.24. The van der Waals surface area contributed by atoms with Crippen molar-refractivity contribution in [3.8, 4) is 0 Å². The number of hydrogen-bond donors (Lipinski definition) is 0. The second-order valence-electron chi connectivity index (χ2n) is 8.48. The maximum atomic E-state index is 13.7. The number of para-hydroxylation sites is 1. The minimum Gasteiger partial charge on any atom is -0.299 e. The highest BCUT2D eigenvalue weighted by Crippen LogP contribution is 2.32. The van der Waals surface area contributed by atoms with Gasteiger partial charge in [0.15, 0.2) is 0 Å². The highest BCUT2D eigenvalue weighted by Gasteiger charge is 2.34. The van der Waals surface area contributed by atoms with Gasteiger partial charge >= 0.3 is 0 Å². The Hall–Kier alpha value is -2.94. The van der Waals surface area contributed by atoms with Gasteiger partial charge in [-0.1, -0.05) is 47.5 Å². The lowest BCUT2D eigenvalue weighted by molar-refractivity contribution is -0.385. The summed E-state index contributed by atoms with van der Waals surface area (Å²) in [5.41, 5.74) is 2.44. The molecule has 0 saturated carbocycles. The van der Waals surface area contributed by atoms with Crippen LogP contribution < -0.4 is 4.31 Å². The molecule has 0 aliphatic carbocycles. The van der Waals surface area contributed by atoms with Crippen molar-refractivity contribution in [1.29, 1.82) is 0 Å². The van der Waals surface area contributed by atoms with Crippen molar-refractivity contribution >= 4 is 33.0 Å². The van der Waals surface area contributed by atoms with Crippen LogP contribution in [0.1, 0.15) is 24.0 Å². The summed E-state index contributed by atoms with van der Waals surface area (Å²) in [5, 5.41) is 11.8. The number of piperidine rings is 1. The van der Waals surface area contributed by atoms with Crippen LogP contribution in [0.2, 0.25) is 5.02 Å². The Kier molecular flexibility index (Phi) is 7.21. The smallest absolute Gasteiger partial charge is 0.273 e. The van der Waals surface area contributed by atoms with Crippen molar-refractivity contribution in [2.75, 3.05) is 17.4 Å². The first kappa shape index (κ1) is 24.2. The van der Waals surface area contributed by atoms with Gasteiger partial charge in [-0.3, -0.25) is 19.3 Å². The molecule has 0 unspecified atom stereocenters. The molecule has 0 amide bonds. The van der Waals surface area contributed by atoms with Gasteiger partial charge in [-0.05, 0) is 56.2 Å². The van der Waals surface area contributed by atoms with Gasteiger partial charge < -0.3 is 0 Å². The molecule has 1 aliphatic rings. The molecule has 3 aromatic rings. The van der Waals surface area contributed by atoms with E-state index in [4.69, 9.17) is 11.6 Å². The lowest BCUT2D eigenvalue weighted by Gasteiger charge is -2.39. The maximum Gasteiger partial charge on any atom is 0.273 e. The van der Waals surface area contributed by atoms with E-state index in [2.05, 4.69) is 4.90 Å². The third-order valence-corrected chi connectivity index (χ3v) is 8.28. The first-order valence-corrected chi connectivity index (χ1v) is 12.9. The minimum atomic E-state index is -3.81. The summed E-state index contributed by atoms with van der Waals surface area (Å²) in [4.78, 5) is 13.3. The highest BCUT2D eigenvalue weighted by atomic mass is 35.5. The van der Waals surface area contributed by atoms with Crippen LogP contribution in [0.3, 0.4) is 0 Å². The fraction of sp³-hybridized carbons (Fsp3) is 0.280. The lowest BCUT2D eigenvalue weighted by atomic mass is 10.0. The molecule has 0 bridgehead atoms. The van der Waals surface area contributed by atoms with Crippen molar-refractivity contribution in [2.45, 2.75) is 37.2 Å². The van der Waals surface area contributed by atoms with Gasteiger partial charge in [0.25, 0.3) is 15.7 Å². The Morgan fingerprint density at radius 3 is 2.24 bits per heavy atom. The molecule has 0 radical (unpaired) electrons. The number of nitro benzene ring substituents is 1. The van der Waals surface area contributed by atoms with Crippen molar-refractivity contribution in [2.24, 2.45) is 0 Å². The van der Waals surface area contributed by atoms with Crippen LogP contribution in [0.15, 0.2) is 77.7 Å². The van der Waals surface area contributed by atoms with Crippen LogP contribution in [0, 0.1) is 17.0 Å². The summed E-state index contributed by atoms with van der Waals surface area (Å²) in [6.07, 6.45) is 1.22. The van der Waals surface area contributed by atoms with Gasteiger partial charge in [0, 0.05) is 42.3 Å². The Bertz CT molecular complexity index is 1260. The normalized spacial score (nSPS) is 15.2. The zero-order valence-electron chi connectivity index (χ0n) is 18.8. The van der Waals surface area contributed by atoms with Gasteiger partial charge in [-0.25, -0.2) is 8.42 Å². The zero-order valence-corrected chi connectivity index (χ0v) is 20.4. The summed E-state index contributed by atoms with van der Waals surface area (Å²) >= 11 is 5.98. The Morgan fingerprint density at radius 1 is 1.00 bits per heavy atom. The van der Waals surface area contributed by atoms with E-state index in [1.165, 1.54) is 22.5 Å². The zero-order chi connectivity index (χ0) is 24.3. The molecule has 9 heteroatoms. The molecular formula is C25H26ClN3O4S. The Labute approximate surface area is 204 Å². The molecule has 4 rings (SSSR count). The van der Waals surface area contributed by atoms with Gasteiger partial charge in [0.05, 0.1) is 15.5 Å². The van der Waals surface area contributed by atoms with Crippen LogP contribution in [-0.2, 0) is 16.6 Å². The van der Waals surface area contributed by atoms with E-state index >= 15 is 0 Å². The van der Waals surface area contributed by atoms with Gasteiger partial charge in [0.2, 0.25) is 0 Å². The van der Waals surface area contributed by atoms with Crippen molar-refractivity contribution in [1.82, 2.24) is 4.90 Å². The van der Waals surface area contributed by atoms with Crippen LogP contribution in [0.5, 0.6) is 0 Å². The molecule has 0 atom stereocenters. The number of aryl methyl sites for hydroxylation is 1. The van der Waals surface area contributed by atoms with E-state index in [9.17, 15) is 18.5 Å². The number of hydrogen-bond acceptors (Lipinski definition) is 5. The van der Waals surface area contributed by atoms with Crippen LogP contribution >= 0.6 is 11.6 Å². The summed E-state index contributed by atoms with van der Waals surface area (Å²) in [7, 11) is -3.81. The number of anilines is 1. The molecule has 34 heavy (non-hydrogen) atoms. The number of halogens is 1. The molecule has 1 heterocycles. The van der Waals surface area contributed by atoms with E-state index < -0.39 is 10.0 Å². The molecule has 1 saturated heterocycles. The number of likely N-dealkylation sites (tertiary alicyclic amines) is 1.